The molecule has 0 radical (unpaired) electrons. The van der Waals surface area contributed by atoms with E-state index in [1.54, 1.807) is 25.6 Å². The second-order valence-corrected chi connectivity index (χ2v) is 5.92. The lowest BCUT2D eigenvalue weighted by Gasteiger charge is -2.13. The van der Waals surface area contributed by atoms with E-state index >= 15 is 0 Å². The summed E-state index contributed by atoms with van der Waals surface area (Å²) in [5, 5.41) is 9.70. The molecule has 1 heterocycles. The van der Waals surface area contributed by atoms with Crippen LogP contribution >= 0.6 is 11.3 Å². The number of aromatic nitrogens is 1. The Morgan fingerprint density at radius 2 is 2.00 bits per heavy atom. The van der Waals surface area contributed by atoms with Gasteiger partial charge in [-0.3, -0.25) is 0 Å². The van der Waals surface area contributed by atoms with Gasteiger partial charge in [0.1, 0.15) is 0 Å². The number of ether oxygens (including phenoxy) is 2. The molecule has 0 atom stereocenters. The van der Waals surface area contributed by atoms with Gasteiger partial charge in [-0.15, -0.1) is 11.3 Å². The zero-order valence-corrected chi connectivity index (χ0v) is 15.4. The molecule has 0 aliphatic rings. The molecule has 0 aliphatic carbocycles. The van der Waals surface area contributed by atoms with Crippen molar-refractivity contribution in [3.05, 3.63) is 34.3 Å². The number of aryl methyl sites for hydroxylation is 1. The van der Waals surface area contributed by atoms with Gasteiger partial charge in [0.15, 0.2) is 17.5 Å². The Balaban J connectivity index is 2.11. The van der Waals surface area contributed by atoms with Gasteiger partial charge in [-0.1, -0.05) is 6.92 Å². The topological polar surface area (TPSA) is 67.8 Å². The maximum absolute atomic E-state index is 5.33. The first-order chi connectivity index (χ1) is 11.7. The Labute approximate surface area is 146 Å². The lowest BCUT2D eigenvalue weighted by atomic mass is 10.3. The number of thiazole rings is 1. The first-order valence-electron chi connectivity index (χ1n) is 7.90. The lowest BCUT2D eigenvalue weighted by Crippen LogP contribution is -2.30. The van der Waals surface area contributed by atoms with Crippen LogP contribution in [-0.2, 0) is 13.0 Å². The number of rotatable bonds is 7. The molecule has 0 spiro atoms. The fraction of sp³-hybridized carbons (Fsp3) is 0.412. The van der Waals surface area contributed by atoms with Crippen molar-refractivity contribution in [1.82, 2.24) is 10.3 Å². The van der Waals surface area contributed by atoms with Gasteiger partial charge in [0.05, 0.1) is 31.5 Å². The number of nitrogens with zero attached hydrogens (tertiary/aromatic N) is 2. The average Bonchev–Trinajstić information content (AvgIpc) is 3.08. The van der Waals surface area contributed by atoms with Gasteiger partial charge in [-0.25, -0.2) is 9.98 Å². The maximum Gasteiger partial charge on any atom is 0.196 e. The largest absolute Gasteiger partial charge is 0.493 e. The normalized spacial score (nSPS) is 11.2. The molecule has 0 bridgehead atoms. The van der Waals surface area contributed by atoms with Gasteiger partial charge in [0.25, 0.3) is 0 Å². The van der Waals surface area contributed by atoms with Crippen LogP contribution in [0.1, 0.15) is 24.5 Å². The summed E-state index contributed by atoms with van der Waals surface area (Å²) in [6.07, 6.45) is 0.957. The molecule has 24 heavy (non-hydrogen) atoms. The third-order valence-corrected chi connectivity index (χ3v) is 4.33. The van der Waals surface area contributed by atoms with Crippen LogP contribution in [0.4, 0.5) is 5.69 Å². The van der Waals surface area contributed by atoms with Crippen LogP contribution in [0.3, 0.4) is 0 Å². The number of methoxy groups -OCH3 is 2. The summed E-state index contributed by atoms with van der Waals surface area (Å²) in [4.78, 5) is 9.13. The van der Waals surface area contributed by atoms with E-state index in [4.69, 9.17) is 9.47 Å². The zero-order chi connectivity index (χ0) is 17.4. The van der Waals surface area contributed by atoms with Crippen LogP contribution in [0.15, 0.2) is 28.6 Å². The van der Waals surface area contributed by atoms with E-state index in [1.807, 2.05) is 25.1 Å². The molecule has 2 aromatic rings. The molecule has 1 aromatic carbocycles. The number of aliphatic imine (C=N–C) groups is 1. The van der Waals surface area contributed by atoms with Gasteiger partial charge >= 0.3 is 0 Å². The average molecular weight is 348 g/mol. The van der Waals surface area contributed by atoms with Crippen molar-refractivity contribution in [3.8, 4) is 11.5 Å². The maximum atomic E-state index is 5.33. The molecule has 0 saturated carbocycles. The Hall–Kier alpha value is -2.28. The van der Waals surface area contributed by atoms with E-state index in [0.717, 1.165) is 29.4 Å². The van der Waals surface area contributed by atoms with Crippen molar-refractivity contribution in [2.45, 2.75) is 26.8 Å². The number of hydrogen-bond acceptors (Lipinski definition) is 5. The summed E-state index contributed by atoms with van der Waals surface area (Å²) < 4.78 is 10.6. The van der Waals surface area contributed by atoms with Crippen molar-refractivity contribution in [1.29, 1.82) is 0 Å². The first-order valence-corrected chi connectivity index (χ1v) is 8.78. The Kier molecular flexibility index (Phi) is 6.87. The van der Waals surface area contributed by atoms with Crippen LogP contribution < -0.4 is 20.1 Å². The van der Waals surface area contributed by atoms with E-state index < -0.39 is 0 Å². The van der Waals surface area contributed by atoms with Crippen molar-refractivity contribution < 1.29 is 9.47 Å². The Morgan fingerprint density at radius 3 is 2.62 bits per heavy atom. The number of nitrogens with one attached hydrogen (secondary N) is 2. The number of benzene rings is 1. The molecule has 2 rings (SSSR count). The van der Waals surface area contributed by atoms with E-state index in [0.29, 0.717) is 24.0 Å². The van der Waals surface area contributed by atoms with Crippen molar-refractivity contribution in [2.75, 3.05) is 26.1 Å². The molecule has 7 heteroatoms. The molecule has 2 N–H and O–H groups in total. The van der Waals surface area contributed by atoms with Crippen molar-refractivity contribution >= 4 is 23.0 Å². The first kappa shape index (κ1) is 18.1. The van der Waals surface area contributed by atoms with Gasteiger partial charge < -0.3 is 20.1 Å². The van der Waals surface area contributed by atoms with Crippen LogP contribution in [0.2, 0.25) is 0 Å². The number of hydrogen-bond donors (Lipinski definition) is 2. The third-order valence-electron chi connectivity index (χ3n) is 3.29. The SMILES string of the molecule is CCNC(=NCc1csc(CC)n1)Nc1ccc(OC)c(OC)c1. The van der Waals surface area contributed by atoms with Crippen molar-refractivity contribution in [3.63, 3.8) is 0 Å². The van der Waals surface area contributed by atoms with Crippen LogP contribution in [-0.4, -0.2) is 31.7 Å². The molecule has 0 unspecified atom stereocenters. The third kappa shape index (κ3) is 4.86. The Morgan fingerprint density at radius 1 is 1.21 bits per heavy atom. The summed E-state index contributed by atoms with van der Waals surface area (Å²) in [6, 6.07) is 5.66. The quantitative estimate of drug-likeness (QED) is 0.593. The molecule has 130 valence electrons. The summed E-state index contributed by atoms with van der Waals surface area (Å²) in [5.41, 5.74) is 1.86. The number of guanidine groups is 1. The van der Waals surface area contributed by atoms with Gasteiger partial charge in [-0.2, -0.15) is 0 Å². The Bertz CT molecular complexity index is 685. The second kappa shape index (κ2) is 9.12. The predicted octanol–water partition coefficient (Wildman–Crippen LogP) is 3.30. The summed E-state index contributed by atoms with van der Waals surface area (Å²) >= 11 is 1.68. The highest BCUT2D eigenvalue weighted by Crippen LogP contribution is 2.29. The van der Waals surface area contributed by atoms with Crippen molar-refractivity contribution in [2.24, 2.45) is 4.99 Å². The molecular formula is C17H24N4O2S. The standard InChI is InChI=1S/C17H24N4O2S/c1-5-16-20-13(11-24-16)10-19-17(18-6-2)21-12-7-8-14(22-3)15(9-12)23-4/h7-9,11H,5-6,10H2,1-4H3,(H2,18,19,21). The molecule has 0 aliphatic heterocycles. The highest BCUT2D eigenvalue weighted by Gasteiger charge is 2.07. The van der Waals surface area contributed by atoms with Gasteiger partial charge in [0.2, 0.25) is 0 Å². The fourth-order valence-electron chi connectivity index (χ4n) is 2.10. The van der Waals surface area contributed by atoms with Gasteiger partial charge in [-0.05, 0) is 25.5 Å². The molecule has 0 saturated heterocycles. The van der Waals surface area contributed by atoms with E-state index in [9.17, 15) is 0 Å². The molecule has 0 amide bonds. The monoisotopic (exact) mass is 348 g/mol. The summed E-state index contributed by atoms with van der Waals surface area (Å²) in [5.74, 6) is 2.07. The smallest absolute Gasteiger partial charge is 0.196 e. The van der Waals surface area contributed by atoms with E-state index in [2.05, 4.69) is 32.9 Å². The predicted molar refractivity (Wildman–Crippen MR) is 99.5 cm³/mol. The fourth-order valence-corrected chi connectivity index (χ4v) is 2.84. The van der Waals surface area contributed by atoms with E-state index in [-0.39, 0.29) is 0 Å². The second-order valence-electron chi connectivity index (χ2n) is 4.98. The molecular weight excluding hydrogens is 324 g/mol. The lowest BCUT2D eigenvalue weighted by molar-refractivity contribution is 0.355. The molecule has 1 aromatic heterocycles. The summed E-state index contributed by atoms with van der Waals surface area (Å²) in [7, 11) is 3.24. The minimum Gasteiger partial charge on any atom is -0.493 e. The molecule has 6 nitrogen and oxygen atoms in total. The highest BCUT2D eigenvalue weighted by atomic mass is 32.1. The zero-order valence-electron chi connectivity index (χ0n) is 14.5. The van der Waals surface area contributed by atoms with Crippen LogP contribution in [0.5, 0.6) is 11.5 Å². The minimum absolute atomic E-state index is 0.541. The minimum atomic E-state index is 0.541. The molecule has 0 fully saturated rings. The van der Waals surface area contributed by atoms with Crippen LogP contribution in [0.25, 0.3) is 0 Å². The van der Waals surface area contributed by atoms with E-state index in [1.165, 1.54) is 0 Å². The number of anilines is 1. The van der Waals surface area contributed by atoms with Crippen LogP contribution in [0, 0.1) is 0 Å². The summed E-state index contributed by atoms with van der Waals surface area (Å²) in [6.45, 7) is 5.45. The van der Waals surface area contributed by atoms with Gasteiger partial charge in [0, 0.05) is 23.7 Å². The highest BCUT2D eigenvalue weighted by molar-refractivity contribution is 7.09.